The summed E-state index contributed by atoms with van der Waals surface area (Å²) in [5.74, 6) is -3.49. The van der Waals surface area contributed by atoms with Gasteiger partial charge in [0.15, 0.2) is 17.7 Å². The second-order valence-electron chi connectivity index (χ2n) is 7.10. The van der Waals surface area contributed by atoms with E-state index in [2.05, 4.69) is 4.72 Å². The molecule has 1 saturated carbocycles. The number of esters is 1. The Morgan fingerprint density at radius 1 is 1.21 bits per heavy atom. The summed E-state index contributed by atoms with van der Waals surface area (Å²) in [4.78, 5) is 25.5. The number of hydrogen-bond acceptors (Lipinski definition) is 5. The Balaban J connectivity index is 1.81. The van der Waals surface area contributed by atoms with E-state index in [1.54, 1.807) is 11.9 Å². The van der Waals surface area contributed by atoms with Crippen LogP contribution in [0.3, 0.4) is 0 Å². The summed E-state index contributed by atoms with van der Waals surface area (Å²) in [7, 11) is -2.41. The molecule has 7 nitrogen and oxygen atoms in total. The lowest BCUT2D eigenvalue weighted by atomic mass is 9.94. The standard InChI is InChI=1S/C19H26F2N2O5S/c1-13(19(25)23(2)14-6-4-3-5-7-14)28-18(24)10-11-22-29(26,27)15-8-9-16(20)17(21)12-15/h8-9,12-14,22H,3-7,10-11H2,1-2H3. The van der Waals surface area contributed by atoms with Gasteiger partial charge in [-0.1, -0.05) is 19.3 Å². The van der Waals surface area contributed by atoms with Crippen molar-refractivity contribution in [1.82, 2.24) is 9.62 Å². The van der Waals surface area contributed by atoms with E-state index in [4.69, 9.17) is 4.74 Å². The average Bonchev–Trinajstić information content (AvgIpc) is 2.69. The van der Waals surface area contributed by atoms with Crippen molar-refractivity contribution < 1.29 is 31.5 Å². The van der Waals surface area contributed by atoms with Gasteiger partial charge >= 0.3 is 5.97 Å². The Morgan fingerprint density at radius 3 is 2.48 bits per heavy atom. The van der Waals surface area contributed by atoms with Crippen molar-refractivity contribution in [2.24, 2.45) is 0 Å². The van der Waals surface area contributed by atoms with Crippen LogP contribution in [0, 0.1) is 11.6 Å². The number of benzene rings is 1. The average molecular weight is 432 g/mol. The summed E-state index contributed by atoms with van der Waals surface area (Å²) in [6.45, 7) is 1.17. The first-order valence-electron chi connectivity index (χ1n) is 9.52. The maximum atomic E-state index is 13.2. The summed E-state index contributed by atoms with van der Waals surface area (Å²) >= 11 is 0. The number of amides is 1. The molecule has 29 heavy (non-hydrogen) atoms. The van der Waals surface area contributed by atoms with Gasteiger partial charge in [-0.15, -0.1) is 0 Å². The fourth-order valence-electron chi connectivity index (χ4n) is 3.26. The summed E-state index contributed by atoms with van der Waals surface area (Å²) in [6.07, 6.45) is 3.85. The first kappa shape index (κ1) is 23.2. The third kappa shape index (κ3) is 6.46. The van der Waals surface area contributed by atoms with Crippen molar-refractivity contribution in [3.05, 3.63) is 29.8 Å². The lowest BCUT2D eigenvalue weighted by Gasteiger charge is -2.32. The lowest BCUT2D eigenvalue weighted by molar-refractivity contribution is -0.159. The van der Waals surface area contributed by atoms with E-state index < -0.39 is 38.6 Å². The second-order valence-corrected chi connectivity index (χ2v) is 8.86. The maximum Gasteiger partial charge on any atom is 0.307 e. The van der Waals surface area contributed by atoms with Crippen LogP contribution in [0.25, 0.3) is 0 Å². The number of nitrogens with zero attached hydrogens (tertiary/aromatic N) is 1. The van der Waals surface area contributed by atoms with Crippen LogP contribution in [0.15, 0.2) is 23.1 Å². The molecule has 0 heterocycles. The molecule has 0 radical (unpaired) electrons. The molecule has 0 bridgehead atoms. The Kier molecular flexibility index (Phi) is 8.09. The predicted molar refractivity (Wildman–Crippen MR) is 101 cm³/mol. The first-order chi connectivity index (χ1) is 13.6. The number of nitrogens with one attached hydrogen (secondary N) is 1. The zero-order valence-electron chi connectivity index (χ0n) is 16.5. The molecule has 0 saturated heterocycles. The third-order valence-corrected chi connectivity index (χ3v) is 6.41. The van der Waals surface area contributed by atoms with Gasteiger partial charge in [-0.3, -0.25) is 9.59 Å². The summed E-state index contributed by atoms with van der Waals surface area (Å²) in [5, 5.41) is 0. The van der Waals surface area contributed by atoms with Gasteiger partial charge in [0.25, 0.3) is 5.91 Å². The molecule has 1 aromatic carbocycles. The molecular weight excluding hydrogens is 406 g/mol. The Hall–Kier alpha value is -2.07. The Bertz CT molecular complexity index is 841. The monoisotopic (exact) mass is 432 g/mol. The minimum atomic E-state index is -4.11. The molecule has 162 valence electrons. The van der Waals surface area contributed by atoms with Crippen molar-refractivity contribution in [1.29, 1.82) is 0 Å². The summed E-state index contributed by atoms with van der Waals surface area (Å²) in [5.41, 5.74) is 0. The minimum Gasteiger partial charge on any atom is -0.452 e. The highest BCUT2D eigenvalue weighted by Gasteiger charge is 2.27. The van der Waals surface area contributed by atoms with Crippen LogP contribution >= 0.6 is 0 Å². The molecule has 1 amide bonds. The zero-order chi connectivity index (χ0) is 21.6. The number of hydrogen-bond donors (Lipinski definition) is 1. The van der Waals surface area contributed by atoms with Crippen LogP contribution in [-0.4, -0.2) is 50.9 Å². The largest absolute Gasteiger partial charge is 0.452 e. The van der Waals surface area contributed by atoms with Gasteiger partial charge in [-0.2, -0.15) is 0 Å². The predicted octanol–water partition coefficient (Wildman–Crippen LogP) is 2.36. The van der Waals surface area contributed by atoms with E-state index in [0.717, 1.165) is 38.2 Å². The van der Waals surface area contributed by atoms with Crippen LogP contribution in [0.4, 0.5) is 8.78 Å². The molecule has 0 aromatic heterocycles. The summed E-state index contributed by atoms with van der Waals surface area (Å²) < 4.78 is 57.5. The zero-order valence-corrected chi connectivity index (χ0v) is 17.3. The van der Waals surface area contributed by atoms with Crippen molar-refractivity contribution in [3.63, 3.8) is 0 Å². The highest BCUT2D eigenvalue weighted by molar-refractivity contribution is 7.89. The fraction of sp³-hybridized carbons (Fsp3) is 0.579. The molecule has 1 aliphatic rings. The van der Waals surface area contributed by atoms with Crippen molar-refractivity contribution in [2.45, 2.75) is 62.5 Å². The number of rotatable bonds is 8. The van der Waals surface area contributed by atoms with Gasteiger partial charge in [0.05, 0.1) is 11.3 Å². The Morgan fingerprint density at radius 2 is 1.86 bits per heavy atom. The molecule has 1 aromatic rings. The lowest BCUT2D eigenvalue weighted by Crippen LogP contribution is -2.44. The van der Waals surface area contributed by atoms with Gasteiger partial charge < -0.3 is 9.64 Å². The normalized spacial score (nSPS) is 16.3. The van der Waals surface area contributed by atoms with Gasteiger partial charge in [0.2, 0.25) is 10.0 Å². The van der Waals surface area contributed by atoms with Gasteiger partial charge in [-0.25, -0.2) is 21.9 Å². The fourth-order valence-corrected chi connectivity index (χ4v) is 4.30. The van der Waals surface area contributed by atoms with Crippen molar-refractivity contribution in [3.8, 4) is 0 Å². The molecule has 1 aliphatic carbocycles. The topological polar surface area (TPSA) is 92.8 Å². The third-order valence-electron chi connectivity index (χ3n) is 4.95. The smallest absolute Gasteiger partial charge is 0.307 e. The van der Waals surface area contributed by atoms with E-state index in [9.17, 15) is 26.8 Å². The van der Waals surface area contributed by atoms with Crippen LogP contribution in [0.5, 0.6) is 0 Å². The van der Waals surface area contributed by atoms with Gasteiger partial charge in [0, 0.05) is 19.6 Å². The van der Waals surface area contributed by atoms with E-state index in [0.29, 0.717) is 12.1 Å². The van der Waals surface area contributed by atoms with Crippen LogP contribution < -0.4 is 4.72 Å². The number of sulfonamides is 1. The molecule has 0 spiro atoms. The molecule has 1 fully saturated rings. The van der Waals surface area contributed by atoms with E-state index in [1.807, 2.05) is 0 Å². The molecule has 1 atom stereocenters. The van der Waals surface area contributed by atoms with Crippen molar-refractivity contribution >= 4 is 21.9 Å². The number of carbonyl (C=O) groups excluding carboxylic acids is 2. The van der Waals surface area contributed by atoms with Crippen LogP contribution in [0.2, 0.25) is 0 Å². The number of ether oxygens (including phenoxy) is 1. The maximum absolute atomic E-state index is 13.2. The highest BCUT2D eigenvalue weighted by atomic mass is 32.2. The molecule has 1 unspecified atom stereocenters. The van der Waals surface area contributed by atoms with Gasteiger partial charge in [0.1, 0.15) is 0 Å². The number of carbonyl (C=O) groups is 2. The van der Waals surface area contributed by atoms with Gasteiger partial charge in [-0.05, 0) is 38.0 Å². The Labute approximate surface area is 169 Å². The van der Waals surface area contributed by atoms with Crippen molar-refractivity contribution in [2.75, 3.05) is 13.6 Å². The quantitative estimate of drug-likeness (QED) is 0.637. The SMILES string of the molecule is CC(OC(=O)CCNS(=O)(=O)c1ccc(F)c(F)c1)C(=O)N(C)C1CCCCC1. The minimum absolute atomic E-state index is 0.139. The number of likely N-dealkylation sites (N-methyl/N-ethyl adjacent to an activating group) is 1. The van der Waals surface area contributed by atoms with Crippen LogP contribution in [0.1, 0.15) is 45.4 Å². The van der Waals surface area contributed by atoms with E-state index >= 15 is 0 Å². The summed E-state index contributed by atoms with van der Waals surface area (Å²) in [6, 6.07) is 2.31. The molecule has 0 aliphatic heterocycles. The van der Waals surface area contributed by atoms with E-state index in [1.165, 1.54) is 6.92 Å². The second kappa shape index (κ2) is 10.1. The first-order valence-corrected chi connectivity index (χ1v) is 11.0. The molecule has 2 rings (SSSR count). The number of halogens is 2. The van der Waals surface area contributed by atoms with E-state index in [-0.39, 0.29) is 24.9 Å². The molecule has 10 heteroatoms. The molecular formula is C19H26F2N2O5S. The van der Waals surface area contributed by atoms with Crippen LogP contribution in [-0.2, 0) is 24.3 Å². The molecule has 1 N–H and O–H groups in total. The highest BCUT2D eigenvalue weighted by Crippen LogP contribution is 2.22.